The lowest BCUT2D eigenvalue weighted by molar-refractivity contribution is 0.376. The molecule has 80 valence electrons. The average Bonchev–Trinajstić information content (AvgIpc) is 2.74. The molecule has 0 saturated heterocycles. The molecule has 2 bridgehead atoms. The molecule has 14 heavy (non-hydrogen) atoms. The topological polar surface area (TPSA) is 12.0 Å². The van der Waals surface area contributed by atoms with E-state index in [9.17, 15) is 0 Å². The Kier molecular flexibility index (Phi) is 2.85. The molecule has 0 spiro atoms. The van der Waals surface area contributed by atoms with Crippen molar-refractivity contribution in [1.29, 1.82) is 0 Å². The Morgan fingerprint density at radius 2 is 2.07 bits per heavy atom. The van der Waals surface area contributed by atoms with Gasteiger partial charge in [0.2, 0.25) is 0 Å². The molecule has 0 heterocycles. The number of allylic oxidation sites excluding steroid dienone is 1. The Hall–Kier alpha value is -0.460. The average molecular weight is 193 g/mol. The van der Waals surface area contributed by atoms with Gasteiger partial charge in [0.1, 0.15) is 0 Å². The maximum absolute atomic E-state index is 3.42. The third-order valence-electron chi connectivity index (χ3n) is 3.97. The van der Waals surface area contributed by atoms with Crippen LogP contribution >= 0.6 is 0 Å². The summed E-state index contributed by atoms with van der Waals surface area (Å²) in [6.07, 6.45) is 8.23. The molecular weight excluding hydrogens is 170 g/mol. The lowest BCUT2D eigenvalue weighted by Gasteiger charge is -2.22. The van der Waals surface area contributed by atoms with Crippen LogP contribution in [0, 0.1) is 17.8 Å². The second kappa shape index (κ2) is 3.96. The Morgan fingerprint density at radius 1 is 1.29 bits per heavy atom. The number of fused-ring (bicyclic) bond motifs is 2. The van der Waals surface area contributed by atoms with E-state index in [1.165, 1.54) is 25.7 Å². The van der Waals surface area contributed by atoms with Crippen LogP contribution in [-0.2, 0) is 0 Å². The number of rotatable bonds is 3. The molecule has 1 N–H and O–H groups in total. The molecule has 0 aromatic heterocycles. The summed E-state index contributed by atoms with van der Waals surface area (Å²) < 4.78 is 0. The molecule has 1 nitrogen and oxygen atoms in total. The molecule has 2 aliphatic carbocycles. The smallest absolute Gasteiger partial charge is 0.0199 e. The number of hydrogen-bond donors (Lipinski definition) is 1. The zero-order valence-corrected chi connectivity index (χ0v) is 9.72. The predicted molar refractivity (Wildman–Crippen MR) is 61.0 cm³/mol. The summed E-state index contributed by atoms with van der Waals surface area (Å²) in [6.45, 7) is 6.70. The number of nitrogens with one attached hydrogen (secondary N) is 1. The van der Waals surface area contributed by atoms with E-state index in [-0.39, 0.29) is 0 Å². The van der Waals surface area contributed by atoms with Crippen LogP contribution in [0.15, 0.2) is 11.8 Å². The quantitative estimate of drug-likeness (QED) is 0.725. The van der Waals surface area contributed by atoms with Crippen molar-refractivity contribution in [3.63, 3.8) is 0 Å². The second-order valence-corrected chi connectivity index (χ2v) is 5.49. The van der Waals surface area contributed by atoms with E-state index >= 15 is 0 Å². The molecule has 2 rings (SSSR count). The minimum absolute atomic E-state index is 0.573. The van der Waals surface area contributed by atoms with Crippen molar-refractivity contribution in [3.05, 3.63) is 11.8 Å². The lowest BCUT2D eigenvalue weighted by Crippen LogP contribution is -2.19. The van der Waals surface area contributed by atoms with Gasteiger partial charge in [0.05, 0.1) is 0 Å². The van der Waals surface area contributed by atoms with E-state index < -0.39 is 0 Å². The fourth-order valence-electron chi connectivity index (χ4n) is 3.21. The van der Waals surface area contributed by atoms with Crippen LogP contribution in [0.2, 0.25) is 0 Å². The molecule has 0 amide bonds. The van der Waals surface area contributed by atoms with Crippen LogP contribution in [0.25, 0.3) is 0 Å². The zero-order valence-electron chi connectivity index (χ0n) is 9.72. The van der Waals surface area contributed by atoms with Crippen LogP contribution in [0.5, 0.6) is 0 Å². The fourth-order valence-corrected chi connectivity index (χ4v) is 3.21. The minimum Gasteiger partial charge on any atom is -0.389 e. The molecule has 0 aromatic rings. The first-order valence-corrected chi connectivity index (χ1v) is 6.09. The van der Waals surface area contributed by atoms with E-state index in [0.717, 1.165) is 17.8 Å². The van der Waals surface area contributed by atoms with Gasteiger partial charge in [-0.25, -0.2) is 0 Å². The molecule has 0 aromatic carbocycles. The Balaban J connectivity index is 1.92. The summed E-state index contributed by atoms with van der Waals surface area (Å²) in [7, 11) is 0. The molecular formula is C13H23N. The molecule has 0 radical (unpaired) electrons. The largest absolute Gasteiger partial charge is 0.389 e. The van der Waals surface area contributed by atoms with Gasteiger partial charge in [0.15, 0.2) is 0 Å². The van der Waals surface area contributed by atoms with E-state index in [4.69, 9.17) is 0 Å². The first-order valence-electron chi connectivity index (χ1n) is 6.09. The van der Waals surface area contributed by atoms with Gasteiger partial charge in [-0.05, 0) is 64.0 Å². The van der Waals surface area contributed by atoms with Gasteiger partial charge >= 0.3 is 0 Å². The van der Waals surface area contributed by atoms with Gasteiger partial charge in [0, 0.05) is 6.04 Å². The van der Waals surface area contributed by atoms with Crippen molar-refractivity contribution >= 4 is 0 Å². The van der Waals surface area contributed by atoms with Gasteiger partial charge in [-0.1, -0.05) is 12.0 Å². The van der Waals surface area contributed by atoms with Crippen molar-refractivity contribution in [2.75, 3.05) is 0 Å². The van der Waals surface area contributed by atoms with Gasteiger partial charge in [-0.15, -0.1) is 0 Å². The maximum atomic E-state index is 3.42. The normalized spacial score (nSPS) is 36.9. The molecule has 1 heteroatoms. The van der Waals surface area contributed by atoms with Crippen molar-refractivity contribution in [2.45, 2.75) is 52.5 Å². The van der Waals surface area contributed by atoms with Crippen LogP contribution in [0.1, 0.15) is 46.5 Å². The first kappa shape index (κ1) is 10.1. The Labute approximate surface area is 88.0 Å². The highest BCUT2D eigenvalue weighted by Crippen LogP contribution is 2.50. The van der Waals surface area contributed by atoms with Gasteiger partial charge < -0.3 is 5.32 Å². The third-order valence-corrected chi connectivity index (χ3v) is 3.97. The summed E-state index contributed by atoms with van der Waals surface area (Å²) in [5.41, 5.74) is 1.59. The molecule has 3 unspecified atom stereocenters. The maximum Gasteiger partial charge on any atom is 0.0199 e. The Bertz CT molecular complexity index is 229. The van der Waals surface area contributed by atoms with E-state index in [1.54, 1.807) is 5.57 Å². The van der Waals surface area contributed by atoms with E-state index in [1.807, 2.05) is 0 Å². The molecule has 2 fully saturated rings. The molecule has 2 aliphatic rings. The van der Waals surface area contributed by atoms with Crippen molar-refractivity contribution in [1.82, 2.24) is 5.32 Å². The monoisotopic (exact) mass is 193 g/mol. The van der Waals surface area contributed by atoms with E-state index in [2.05, 4.69) is 32.3 Å². The Morgan fingerprint density at radius 3 is 2.57 bits per heavy atom. The highest BCUT2D eigenvalue weighted by Gasteiger charge is 2.39. The van der Waals surface area contributed by atoms with Gasteiger partial charge in [-0.2, -0.15) is 0 Å². The number of hydrogen-bond acceptors (Lipinski definition) is 1. The third kappa shape index (κ3) is 1.97. The highest BCUT2D eigenvalue weighted by molar-refractivity contribution is 5.10. The van der Waals surface area contributed by atoms with Gasteiger partial charge in [0.25, 0.3) is 0 Å². The molecule has 0 aliphatic heterocycles. The summed E-state index contributed by atoms with van der Waals surface area (Å²) in [6, 6.07) is 0.573. The minimum atomic E-state index is 0.573. The van der Waals surface area contributed by atoms with Crippen molar-refractivity contribution in [3.8, 4) is 0 Å². The second-order valence-electron chi connectivity index (χ2n) is 5.49. The van der Waals surface area contributed by atoms with E-state index in [0.29, 0.717) is 6.04 Å². The fraction of sp³-hybridized carbons (Fsp3) is 0.846. The summed E-state index contributed by atoms with van der Waals surface area (Å²) in [5.74, 6) is 2.98. The van der Waals surface area contributed by atoms with Crippen molar-refractivity contribution < 1.29 is 0 Å². The summed E-state index contributed by atoms with van der Waals surface area (Å²) in [5, 5.41) is 3.42. The van der Waals surface area contributed by atoms with Crippen molar-refractivity contribution in [2.24, 2.45) is 17.8 Å². The van der Waals surface area contributed by atoms with Crippen LogP contribution < -0.4 is 5.32 Å². The lowest BCUT2D eigenvalue weighted by atomic mass is 9.84. The summed E-state index contributed by atoms with van der Waals surface area (Å²) >= 11 is 0. The standard InChI is InChI=1S/C13H23N/c1-9(2)14-8-10(3)13-7-11-4-5-12(13)6-11/h8-9,11-14H,4-7H2,1-3H3/b10-8+. The first-order chi connectivity index (χ1) is 6.66. The molecule has 2 saturated carbocycles. The van der Waals surface area contributed by atoms with Crippen LogP contribution in [0.4, 0.5) is 0 Å². The predicted octanol–water partition coefficient (Wildman–Crippen LogP) is 3.32. The zero-order chi connectivity index (χ0) is 10.1. The van der Waals surface area contributed by atoms with Crippen LogP contribution in [-0.4, -0.2) is 6.04 Å². The van der Waals surface area contributed by atoms with Gasteiger partial charge in [-0.3, -0.25) is 0 Å². The summed E-state index contributed by atoms with van der Waals surface area (Å²) in [4.78, 5) is 0. The highest BCUT2D eigenvalue weighted by atomic mass is 14.9. The molecule has 3 atom stereocenters. The SMILES string of the molecule is C/C(=C\NC(C)C)C1CC2CCC1C2. The van der Waals surface area contributed by atoms with Crippen LogP contribution in [0.3, 0.4) is 0 Å².